The lowest BCUT2D eigenvalue weighted by Gasteiger charge is -2.28. The summed E-state index contributed by atoms with van der Waals surface area (Å²) in [5.74, 6) is -1.52. The van der Waals surface area contributed by atoms with Crippen LogP contribution in [-0.2, 0) is 14.8 Å². The van der Waals surface area contributed by atoms with Crippen LogP contribution in [0.4, 0.5) is 15.8 Å². The van der Waals surface area contributed by atoms with Gasteiger partial charge < -0.3 is 10.6 Å². The van der Waals surface area contributed by atoms with Crippen molar-refractivity contribution in [2.45, 2.75) is 32.9 Å². The third-order valence-corrected chi connectivity index (χ3v) is 5.26. The Balaban J connectivity index is 2.32. The second-order valence-corrected chi connectivity index (χ2v) is 8.73. The minimum atomic E-state index is -3.84. The fourth-order valence-electron chi connectivity index (χ4n) is 2.76. The summed E-state index contributed by atoms with van der Waals surface area (Å²) in [4.78, 5) is 25.2. The number of benzene rings is 2. The summed E-state index contributed by atoms with van der Waals surface area (Å²) in [6.07, 6.45) is 0.962. The lowest BCUT2D eigenvalue weighted by molar-refractivity contribution is -0.116. The SMILES string of the molecule is CC(C)NC(=O)c1ccccc1NC(=O)[C@@H](C)N(c1ccc(F)cc1)S(C)(=O)=O. The second kappa shape index (κ2) is 9.04. The maximum absolute atomic E-state index is 13.2. The molecule has 0 aliphatic rings. The number of halogens is 1. The number of carbonyl (C=O) groups is 2. The molecule has 2 N–H and O–H groups in total. The van der Waals surface area contributed by atoms with Gasteiger partial charge in [0.05, 0.1) is 23.2 Å². The van der Waals surface area contributed by atoms with E-state index in [2.05, 4.69) is 10.6 Å². The van der Waals surface area contributed by atoms with Crippen molar-refractivity contribution in [3.63, 3.8) is 0 Å². The van der Waals surface area contributed by atoms with Gasteiger partial charge in [-0.25, -0.2) is 12.8 Å². The van der Waals surface area contributed by atoms with E-state index in [4.69, 9.17) is 0 Å². The van der Waals surface area contributed by atoms with E-state index in [0.29, 0.717) is 0 Å². The van der Waals surface area contributed by atoms with Crippen molar-refractivity contribution < 1.29 is 22.4 Å². The number of anilines is 2. The van der Waals surface area contributed by atoms with Gasteiger partial charge in [0.25, 0.3) is 5.91 Å². The van der Waals surface area contributed by atoms with Crippen LogP contribution in [-0.4, -0.2) is 38.6 Å². The van der Waals surface area contributed by atoms with Gasteiger partial charge in [0.1, 0.15) is 11.9 Å². The van der Waals surface area contributed by atoms with Gasteiger partial charge in [-0.3, -0.25) is 13.9 Å². The van der Waals surface area contributed by atoms with E-state index >= 15 is 0 Å². The molecular formula is C20H24FN3O4S. The summed E-state index contributed by atoms with van der Waals surface area (Å²) in [5.41, 5.74) is 0.673. The molecular weight excluding hydrogens is 397 g/mol. The molecule has 2 rings (SSSR count). The molecule has 0 radical (unpaired) electrons. The summed E-state index contributed by atoms with van der Waals surface area (Å²) in [5, 5.41) is 5.37. The van der Waals surface area contributed by atoms with Crippen LogP contribution in [0.25, 0.3) is 0 Å². The van der Waals surface area contributed by atoms with Crippen molar-refractivity contribution >= 4 is 33.2 Å². The van der Waals surface area contributed by atoms with Crippen molar-refractivity contribution in [2.75, 3.05) is 15.9 Å². The molecule has 0 heterocycles. The average molecular weight is 421 g/mol. The van der Waals surface area contributed by atoms with E-state index < -0.39 is 27.8 Å². The van der Waals surface area contributed by atoms with Gasteiger partial charge >= 0.3 is 0 Å². The highest BCUT2D eigenvalue weighted by molar-refractivity contribution is 7.92. The summed E-state index contributed by atoms with van der Waals surface area (Å²) in [6.45, 7) is 5.04. The molecule has 0 fully saturated rings. The van der Waals surface area contributed by atoms with Crippen LogP contribution in [0.2, 0.25) is 0 Å². The number of hydrogen-bond acceptors (Lipinski definition) is 4. The molecule has 7 nitrogen and oxygen atoms in total. The zero-order chi connectivity index (χ0) is 21.8. The van der Waals surface area contributed by atoms with Gasteiger partial charge in [-0.05, 0) is 57.2 Å². The van der Waals surface area contributed by atoms with Crippen LogP contribution in [0, 0.1) is 5.82 Å². The third-order valence-electron chi connectivity index (χ3n) is 4.02. The van der Waals surface area contributed by atoms with Crippen molar-refractivity contribution in [3.8, 4) is 0 Å². The van der Waals surface area contributed by atoms with Crippen LogP contribution in [0.1, 0.15) is 31.1 Å². The molecule has 29 heavy (non-hydrogen) atoms. The molecule has 0 aliphatic heterocycles. The number of rotatable bonds is 7. The van der Waals surface area contributed by atoms with Crippen LogP contribution < -0.4 is 14.9 Å². The van der Waals surface area contributed by atoms with E-state index in [1.165, 1.54) is 19.1 Å². The monoisotopic (exact) mass is 421 g/mol. The van der Waals surface area contributed by atoms with Gasteiger partial charge in [-0.15, -0.1) is 0 Å². The average Bonchev–Trinajstić information content (AvgIpc) is 2.62. The topological polar surface area (TPSA) is 95.6 Å². The first kappa shape index (κ1) is 22.4. The maximum atomic E-state index is 13.2. The first-order valence-electron chi connectivity index (χ1n) is 8.96. The summed E-state index contributed by atoms with van der Waals surface area (Å²) < 4.78 is 38.7. The lowest BCUT2D eigenvalue weighted by Crippen LogP contribution is -2.45. The normalized spacial score (nSPS) is 12.3. The van der Waals surface area contributed by atoms with Crippen molar-refractivity contribution in [1.29, 1.82) is 0 Å². The fourth-order valence-corrected chi connectivity index (χ4v) is 3.94. The number of amides is 2. The van der Waals surface area contributed by atoms with E-state index in [-0.39, 0.29) is 28.9 Å². The molecule has 0 aromatic heterocycles. The predicted octanol–water partition coefficient (Wildman–Crippen LogP) is 2.76. The lowest BCUT2D eigenvalue weighted by atomic mass is 10.1. The highest BCUT2D eigenvalue weighted by Gasteiger charge is 2.29. The number of carbonyl (C=O) groups excluding carboxylic acids is 2. The third kappa shape index (κ3) is 5.77. The number of hydrogen-bond donors (Lipinski definition) is 2. The molecule has 156 valence electrons. The number of nitrogens with one attached hydrogen (secondary N) is 2. The van der Waals surface area contributed by atoms with Crippen molar-refractivity contribution in [2.24, 2.45) is 0 Å². The molecule has 1 atom stereocenters. The molecule has 0 unspecified atom stereocenters. The van der Waals surface area contributed by atoms with Crippen molar-refractivity contribution in [3.05, 3.63) is 59.9 Å². The first-order chi connectivity index (χ1) is 13.5. The molecule has 0 saturated heterocycles. The molecule has 0 bridgehead atoms. The van der Waals surface area contributed by atoms with Crippen LogP contribution in [0.15, 0.2) is 48.5 Å². The summed E-state index contributed by atoms with van der Waals surface area (Å²) in [7, 11) is -3.84. The smallest absolute Gasteiger partial charge is 0.253 e. The molecule has 0 saturated carbocycles. The molecule has 0 aliphatic carbocycles. The number of sulfonamides is 1. The van der Waals surface area contributed by atoms with Gasteiger partial charge in [0, 0.05) is 6.04 Å². The largest absolute Gasteiger partial charge is 0.350 e. The summed E-state index contributed by atoms with van der Waals surface area (Å²) >= 11 is 0. The Labute approximate surface area is 170 Å². The number of nitrogens with zero attached hydrogens (tertiary/aromatic N) is 1. The van der Waals surface area contributed by atoms with Crippen LogP contribution in [0.5, 0.6) is 0 Å². The highest BCUT2D eigenvalue weighted by atomic mass is 32.2. The first-order valence-corrected chi connectivity index (χ1v) is 10.8. The van der Waals surface area contributed by atoms with Crippen molar-refractivity contribution in [1.82, 2.24) is 5.32 Å². The molecule has 2 aromatic rings. The quantitative estimate of drug-likeness (QED) is 0.719. The molecule has 9 heteroatoms. The number of para-hydroxylation sites is 1. The van der Waals surface area contributed by atoms with Gasteiger partial charge in [0.2, 0.25) is 15.9 Å². The maximum Gasteiger partial charge on any atom is 0.253 e. The minimum absolute atomic E-state index is 0.0932. The minimum Gasteiger partial charge on any atom is -0.350 e. The van der Waals surface area contributed by atoms with E-state index in [9.17, 15) is 22.4 Å². The standard InChI is InChI=1S/C20H24FN3O4S/c1-13(2)22-20(26)17-7-5-6-8-18(17)23-19(25)14(3)24(29(4,27)28)16-11-9-15(21)10-12-16/h5-14H,1-4H3,(H,22,26)(H,23,25)/t14-/m1/s1. The van der Waals surface area contributed by atoms with Crippen LogP contribution in [0.3, 0.4) is 0 Å². The highest BCUT2D eigenvalue weighted by Crippen LogP contribution is 2.23. The molecule has 2 aromatic carbocycles. The van der Waals surface area contributed by atoms with Gasteiger partial charge in [-0.2, -0.15) is 0 Å². The van der Waals surface area contributed by atoms with Gasteiger partial charge in [-0.1, -0.05) is 12.1 Å². The Morgan fingerprint density at radius 2 is 1.59 bits per heavy atom. The Hall–Kier alpha value is -2.94. The van der Waals surface area contributed by atoms with E-state index in [1.54, 1.807) is 24.3 Å². The Morgan fingerprint density at radius 1 is 1.00 bits per heavy atom. The Kier molecular flexibility index (Phi) is 6.97. The zero-order valence-electron chi connectivity index (χ0n) is 16.6. The second-order valence-electron chi connectivity index (χ2n) is 6.87. The van der Waals surface area contributed by atoms with E-state index in [0.717, 1.165) is 22.7 Å². The Morgan fingerprint density at radius 3 is 2.14 bits per heavy atom. The Bertz CT molecular complexity index is 991. The molecule has 2 amide bonds. The zero-order valence-corrected chi connectivity index (χ0v) is 17.5. The molecule has 0 spiro atoms. The predicted molar refractivity (Wildman–Crippen MR) is 111 cm³/mol. The fraction of sp³-hybridized carbons (Fsp3) is 0.300. The van der Waals surface area contributed by atoms with E-state index in [1.807, 2.05) is 13.8 Å². The van der Waals surface area contributed by atoms with Crippen LogP contribution >= 0.6 is 0 Å². The summed E-state index contributed by atoms with van der Waals surface area (Å²) in [6, 6.07) is 9.99. The van der Waals surface area contributed by atoms with Gasteiger partial charge in [0.15, 0.2) is 0 Å².